The summed E-state index contributed by atoms with van der Waals surface area (Å²) in [5, 5.41) is 0. The van der Waals surface area contributed by atoms with Crippen LogP contribution in [-0.2, 0) is 6.18 Å². The van der Waals surface area contributed by atoms with Crippen LogP contribution in [0.4, 0.5) is 13.2 Å². The van der Waals surface area contributed by atoms with Gasteiger partial charge in [0, 0.05) is 11.0 Å². The van der Waals surface area contributed by atoms with Crippen molar-refractivity contribution in [2.24, 2.45) is 11.1 Å². The predicted molar refractivity (Wildman–Crippen MR) is 63.2 cm³/mol. The zero-order valence-electron chi connectivity index (χ0n) is 10.3. The van der Waals surface area contributed by atoms with Crippen LogP contribution in [0.15, 0.2) is 24.3 Å². The Hall–Kier alpha value is -1.36. The Morgan fingerprint density at radius 2 is 1.67 bits per heavy atom. The Morgan fingerprint density at radius 3 is 2.06 bits per heavy atom. The number of Topliss-reactive ketones (excluding diaryl/α,β-unsaturated/α-hetero) is 1. The van der Waals surface area contributed by atoms with Gasteiger partial charge in [0.25, 0.3) is 0 Å². The molecule has 0 bridgehead atoms. The lowest BCUT2D eigenvalue weighted by atomic mass is 9.81. The van der Waals surface area contributed by atoms with E-state index in [4.69, 9.17) is 5.73 Å². The fourth-order valence-corrected chi connectivity index (χ4v) is 1.68. The van der Waals surface area contributed by atoms with E-state index >= 15 is 0 Å². The number of carbonyl (C=O) groups is 1. The first-order valence-electron chi connectivity index (χ1n) is 5.60. The first-order chi connectivity index (χ1) is 8.18. The molecule has 0 aliphatic heterocycles. The zero-order valence-corrected chi connectivity index (χ0v) is 10.3. The van der Waals surface area contributed by atoms with Crippen LogP contribution in [0.5, 0.6) is 0 Å². The molecule has 0 atom stereocenters. The summed E-state index contributed by atoms with van der Waals surface area (Å²) >= 11 is 0. The van der Waals surface area contributed by atoms with Crippen LogP contribution in [0.1, 0.15) is 36.2 Å². The molecule has 0 amide bonds. The third-order valence-corrected chi connectivity index (χ3v) is 2.86. The monoisotopic (exact) mass is 259 g/mol. The summed E-state index contributed by atoms with van der Waals surface area (Å²) in [5.74, 6) is -0.193. The van der Waals surface area contributed by atoms with E-state index in [1.54, 1.807) is 13.8 Å². The Labute approximate surface area is 104 Å². The molecule has 18 heavy (non-hydrogen) atoms. The second-order valence-corrected chi connectivity index (χ2v) is 4.83. The van der Waals surface area contributed by atoms with E-state index in [2.05, 4.69) is 0 Å². The van der Waals surface area contributed by atoms with Gasteiger partial charge in [-0.25, -0.2) is 0 Å². The SMILES string of the molecule is CC(C)(CCN)C(=O)c1ccc(C(F)(F)F)cc1. The predicted octanol–water partition coefficient (Wildman–Crippen LogP) is 3.26. The Bertz CT molecular complexity index is 421. The van der Waals surface area contributed by atoms with Crippen LogP contribution in [-0.4, -0.2) is 12.3 Å². The summed E-state index contributed by atoms with van der Waals surface area (Å²) in [4.78, 5) is 12.1. The highest BCUT2D eigenvalue weighted by Crippen LogP contribution is 2.31. The van der Waals surface area contributed by atoms with Gasteiger partial charge in [0.05, 0.1) is 5.56 Å². The Morgan fingerprint density at radius 1 is 1.17 bits per heavy atom. The van der Waals surface area contributed by atoms with Crippen LogP contribution in [0.2, 0.25) is 0 Å². The molecule has 100 valence electrons. The van der Waals surface area contributed by atoms with Gasteiger partial charge in [0.15, 0.2) is 5.78 Å². The van der Waals surface area contributed by atoms with Crippen molar-refractivity contribution in [3.8, 4) is 0 Å². The van der Waals surface area contributed by atoms with Crippen LogP contribution in [0, 0.1) is 5.41 Å². The van der Waals surface area contributed by atoms with E-state index < -0.39 is 17.2 Å². The summed E-state index contributed by atoms with van der Waals surface area (Å²) in [6.07, 6.45) is -3.89. The molecular formula is C13H16F3NO. The number of carbonyl (C=O) groups excluding carboxylic acids is 1. The van der Waals surface area contributed by atoms with Gasteiger partial charge in [-0.1, -0.05) is 26.0 Å². The standard InChI is InChI=1S/C13H16F3NO/c1-12(2,7-8-17)11(18)9-3-5-10(6-4-9)13(14,15)16/h3-6H,7-8,17H2,1-2H3. The van der Waals surface area contributed by atoms with Gasteiger partial charge in [0.2, 0.25) is 0 Å². The Balaban J connectivity index is 2.96. The fraction of sp³-hybridized carbons (Fsp3) is 0.462. The molecule has 0 radical (unpaired) electrons. The maximum atomic E-state index is 12.4. The van der Waals surface area contributed by atoms with Crippen LogP contribution in [0.3, 0.4) is 0 Å². The molecule has 0 fully saturated rings. The van der Waals surface area contributed by atoms with E-state index in [0.717, 1.165) is 12.1 Å². The van der Waals surface area contributed by atoms with Gasteiger partial charge in [-0.2, -0.15) is 13.2 Å². The van der Waals surface area contributed by atoms with Gasteiger partial charge in [-0.3, -0.25) is 4.79 Å². The average Bonchev–Trinajstić information content (AvgIpc) is 2.27. The largest absolute Gasteiger partial charge is 0.416 e. The number of hydrogen-bond acceptors (Lipinski definition) is 2. The van der Waals surface area contributed by atoms with E-state index in [-0.39, 0.29) is 11.3 Å². The molecule has 2 N–H and O–H groups in total. The molecular weight excluding hydrogens is 243 g/mol. The summed E-state index contributed by atoms with van der Waals surface area (Å²) in [7, 11) is 0. The van der Waals surface area contributed by atoms with Crippen molar-refractivity contribution in [1.29, 1.82) is 0 Å². The highest BCUT2D eigenvalue weighted by molar-refractivity contribution is 6.00. The van der Waals surface area contributed by atoms with Crippen molar-refractivity contribution in [2.75, 3.05) is 6.54 Å². The number of nitrogens with two attached hydrogens (primary N) is 1. The normalized spacial score (nSPS) is 12.6. The third-order valence-electron chi connectivity index (χ3n) is 2.86. The molecule has 0 saturated heterocycles. The quantitative estimate of drug-likeness (QED) is 0.843. The van der Waals surface area contributed by atoms with E-state index in [1.165, 1.54) is 12.1 Å². The molecule has 1 aromatic rings. The first-order valence-corrected chi connectivity index (χ1v) is 5.60. The molecule has 1 aromatic carbocycles. The number of hydrogen-bond donors (Lipinski definition) is 1. The van der Waals surface area contributed by atoms with E-state index in [1.807, 2.05) is 0 Å². The lowest BCUT2D eigenvalue weighted by Gasteiger charge is -2.22. The minimum absolute atomic E-state index is 0.193. The van der Waals surface area contributed by atoms with Crippen molar-refractivity contribution in [3.63, 3.8) is 0 Å². The lowest BCUT2D eigenvalue weighted by molar-refractivity contribution is -0.137. The summed E-state index contributed by atoms with van der Waals surface area (Å²) in [6.45, 7) is 3.83. The number of benzene rings is 1. The molecule has 0 aliphatic rings. The van der Waals surface area contributed by atoms with Gasteiger partial charge in [0.1, 0.15) is 0 Å². The summed E-state index contributed by atoms with van der Waals surface area (Å²) in [6, 6.07) is 4.27. The molecule has 2 nitrogen and oxygen atoms in total. The third kappa shape index (κ3) is 3.32. The van der Waals surface area contributed by atoms with Gasteiger partial charge in [-0.05, 0) is 25.1 Å². The highest BCUT2D eigenvalue weighted by Gasteiger charge is 2.32. The number of halogens is 3. The summed E-state index contributed by atoms with van der Waals surface area (Å²) < 4.78 is 37.1. The summed E-state index contributed by atoms with van der Waals surface area (Å²) in [5.41, 5.74) is 4.28. The van der Waals surface area contributed by atoms with Crippen LogP contribution >= 0.6 is 0 Å². The van der Waals surface area contributed by atoms with Gasteiger partial charge < -0.3 is 5.73 Å². The maximum absolute atomic E-state index is 12.4. The van der Waals surface area contributed by atoms with Crippen molar-refractivity contribution < 1.29 is 18.0 Å². The Kier molecular flexibility index (Phi) is 4.16. The highest BCUT2D eigenvalue weighted by atomic mass is 19.4. The maximum Gasteiger partial charge on any atom is 0.416 e. The lowest BCUT2D eigenvalue weighted by Crippen LogP contribution is -2.27. The van der Waals surface area contributed by atoms with E-state index in [9.17, 15) is 18.0 Å². The van der Waals surface area contributed by atoms with Gasteiger partial charge >= 0.3 is 6.18 Å². The van der Waals surface area contributed by atoms with Crippen molar-refractivity contribution >= 4 is 5.78 Å². The molecule has 1 rings (SSSR count). The minimum atomic E-state index is -4.38. The molecule has 0 saturated carbocycles. The number of rotatable bonds is 4. The van der Waals surface area contributed by atoms with E-state index in [0.29, 0.717) is 13.0 Å². The second-order valence-electron chi connectivity index (χ2n) is 4.83. The van der Waals surface area contributed by atoms with Gasteiger partial charge in [-0.15, -0.1) is 0 Å². The molecule has 0 aromatic heterocycles. The van der Waals surface area contributed by atoms with Crippen molar-refractivity contribution in [1.82, 2.24) is 0 Å². The number of alkyl halides is 3. The topological polar surface area (TPSA) is 43.1 Å². The second kappa shape index (κ2) is 5.10. The fourth-order valence-electron chi connectivity index (χ4n) is 1.68. The molecule has 0 spiro atoms. The molecule has 0 unspecified atom stereocenters. The first kappa shape index (κ1) is 14.7. The molecule has 5 heteroatoms. The minimum Gasteiger partial charge on any atom is -0.330 e. The molecule has 0 aliphatic carbocycles. The van der Waals surface area contributed by atoms with Crippen molar-refractivity contribution in [3.05, 3.63) is 35.4 Å². The van der Waals surface area contributed by atoms with Crippen LogP contribution < -0.4 is 5.73 Å². The zero-order chi connectivity index (χ0) is 14.0. The molecule has 0 heterocycles. The van der Waals surface area contributed by atoms with Crippen molar-refractivity contribution in [2.45, 2.75) is 26.4 Å². The average molecular weight is 259 g/mol. The number of ketones is 1. The van der Waals surface area contributed by atoms with Crippen LogP contribution in [0.25, 0.3) is 0 Å². The smallest absolute Gasteiger partial charge is 0.330 e.